The first-order valence-corrected chi connectivity index (χ1v) is 3.91. The van der Waals surface area contributed by atoms with E-state index in [0.717, 1.165) is 18.5 Å². The number of hydrogen-bond donors (Lipinski definition) is 1. The topological polar surface area (TPSA) is 12.0 Å². The minimum absolute atomic E-state index is 0.597. The zero-order valence-corrected chi connectivity index (χ0v) is 7.62. The number of rotatable bonds is 5. The van der Waals surface area contributed by atoms with E-state index in [9.17, 15) is 0 Å². The molecule has 11 heavy (non-hydrogen) atoms. The second kappa shape index (κ2) is 6.20. The Hall–Kier alpha value is -0.530. The van der Waals surface area contributed by atoms with Crippen LogP contribution in [-0.2, 0) is 0 Å². The van der Waals surface area contributed by atoms with Crippen molar-refractivity contribution < 1.29 is 0 Å². The monoisotopic (exact) mass is 171 g/mol. The second-order valence-corrected chi connectivity index (χ2v) is 2.64. The first-order chi connectivity index (χ1) is 5.22. The van der Waals surface area contributed by atoms with Crippen LogP contribution in [-0.4, -0.2) is 13.6 Å². The Kier molecular flexibility index (Phi) is 5.90. The van der Waals surface area contributed by atoms with Crippen molar-refractivity contribution in [2.45, 2.75) is 6.42 Å². The molecule has 0 aliphatic carbocycles. The van der Waals surface area contributed by atoms with E-state index in [4.69, 9.17) is 11.6 Å². The van der Waals surface area contributed by atoms with Gasteiger partial charge in [0, 0.05) is 5.03 Å². The van der Waals surface area contributed by atoms with Gasteiger partial charge in [-0.15, -0.1) is 0 Å². The molecular formula is C9H14ClN. The molecule has 62 valence electrons. The summed E-state index contributed by atoms with van der Waals surface area (Å²) in [5.74, 6) is 0. The van der Waals surface area contributed by atoms with Crippen LogP contribution in [0.3, 0.4) is 0 Å². The third kappa shape index (κ3) is 4.82. The lowest BCUT2D eigenvalue weighted by Gasteiger charge is -2.02. The third-order valence-electron chi connectivity index (χ3n) is 1.31. The van der Waals surface area contributed by atoms with Gasteiger partial charge in [-0.05, 0) is 25.6 Å². The molecule has 0 aliphatic rings. The van der Waals surface area contributed by atoms with Crippen LogP contribution in [0.25, 0.3) is 0 Å². The van der Waals surface area contributed by atoms with Gasteiger partial charge in [0.15, 0.2) is 0 Å². The molecule has 0 unspecified atom stereocenters. The molecule has 1 N–H and O–H groups in total. The van der Waals surface area contributed by atoms with Gasteiger partial charge in [0.25, 0.3) is 0 Å². The lowest BCUT2D eigenvalue weighted by atomic mass is 10.1. The molecule has 0 spiro atoms. The molecule has 1 nitrogen and oxygen atoms in total. The summed E-state index contributed by atoms with van der Waals surface area (Å²) in [4.78, 5) is 0. The van der Waals surface area contributed by atoms with Crippen LogP contribution in [0.1, 0.15) is 6.42 Å². The number of hydrogen-bond acceptors (Lipinski definition) is 1. The van der Waals surface area contributed by atoms with Crippen LogP contribution in [0.15, 0.2) is 35.9 Å². The average Bonchev–Trinajstić information content (AvgIpc) is 1.97. The van der Waals surface area contributed by atoms with Crippen molar-refractivity contribution in [3.8, 4) is 0 Å². The van der Waals surface area contributed by atoms with Crippen molar-refractivity contribution in [2.24, 2.45) is 0 Å². The van der Waals surface area contributed by atoms with E-state index in [0.29, 0.717) is 5.03 Å². The highest BCUT2D eigenvalue weighted by Gasteiger charge is 1.96. The van der Waals surface area contributed by atoms with Gasteiger partial charge in [0.05, 0.1) is 0 Å². The normalized spacial score (nSPS) is 11.3. The first kappa shape index (κ1) is 10.5. The average molecular weight is 172 g/mol. The Bertz CT molecular complexity index is 170. The maximum atomic E-state index is 5.72. The molecule has 0 aliphatic heterocycles. The lowest BCUT2D eigenvalue weighted by Crippen LogP contribution is -2.08. The van der Waals surface area contributed by atoms with E-state index in [2.05, 4.69) is 18.5 Å². The summed E-state index contributed by atoms with van der Waals surface area (Å²) in [6, 6.07) is 0. The van der Waals surface area contributed by atoms with E-state index in [1.54, 1.807) is 6.08 Å². The fraction of sp³-hybridized carbons (Fsp3) is 0.333. The quantitative estimate of drug-likeness (QED) is 0.627. The maximum Gasteiger partial charge on any atom is 0.0366 e. The van der Waals surface area contributed by atoms with E-state index in [1.165, 1.54) is 0 Å². The summed E-state index contributed by atoms with van der Waals surface area (Å²) in [6.45, 7) is 8.15. The van der Waals surface area contributed by atoms with Gasteiger partial charge in [-0.1, -0.05) is 36.9 Å². The van der Waals surface area contributed by atoms with Gasteiger partial charge in [0.2, 0.25) is 0 Å². The highest BCUT2D eigenvalue weighted by Crippen LogP contribution is 2.15. The summed E-state index contributed by atoms with van der Waals surface area (Å²) >= 11 is 5.72. The number of allylic oxidation sites excluding steroid dienone is 3. The van der Waals surface area contributed by atoms with Crippen LogP contribution < -0.4 is 5.32 Å². The molecule has 0 fully saturated rings. The van der Waals surface area contributed by atoms with Crippen LogP contribution in [0.2, 0.25) is 0 Å². The van der Waals surface area contributed by atoms with Crippen LogP contribution in [0.5, 0.6) is 0 Å². The van der Waals surface area contributed by atoms with Crippen molar-refractivity contribution in [1.82, 2.24) is 5.32 Å². The minimum atomic E-state index is 0.597. The molecule has 0 saturated heterocycles. The van der Waals surface area contributed by atoms with E-state index < -0.39 is 0 Å². The smallest absolute Gasteiger partial charge is 0.0366 e. The van der Waals surface area contributed by atoms with Gasteiger partial charge in [0.1, 0.15) is 0 Å². The second-order valence-electron chi connectivity index (χ2n) is 2.19. The highest BCUT2D eigenvalue weighted by atomic mass is 35.5. The SMILES string of the molecule is C=C/C=C(/CCNC)C(=C)Cl. The van der Waals surface area contributed by atoms with Gasteiger partial charge in [-0.25, -0.2) is 0 Å². The Morgan fingerprint density at radius 1 is 1.64 bits per heavy atom. The zero-order chi connectivity index (χ0) is 8.69. The van der Waals surface area contributed by atoms with Crippen LogP contribution in [0, 0.1) is 0 Å². The van der Waals surface area contributed by atoms with Crippen LogP contribution >= 0.6 is 11.6 Å². The van der Waals surface area contributed by atoms with Gasteiger partial charge in [-0.3, -0.25) is 0 Å². The zero-order valence-electron chi connectivity index (χ0n) is 6.86. The molecule has 0 aromatic carbocycles. The Balaban J connectivity index is 4.00. The molecular weight excluding hydrogens is 158 g/mol. The van der Waals surface area contributed by atoms with Crippen molar-refractivity contribution >= 4 is 11.6 Å². The van der Waals surface area contributed by atoms with Gasteiger partial charge in [-0.2, -0.15) is 0 Å². The van der Waals surface area contributed by atoms with E-state index in [-0.39, 0.29) is 0 Å². The molecule has 0 heterocycles. The lowest BCUT2D eigenvalue weighted by molar-refractivity contribution is 0.793. The number of nitrogens with one attached hydrogen (secondary N) is 1. The number of halogens is 1. The van der Waals surface area contributed by atoms with Gasteiger partial charge < -0.3 is 5.32 Å². The van der Waals surface area contributed by atoms with Crippen LogP contribution in [0.4, 0.5) is 0 Å². The standard InChI is InChI=1S/C9H14ClN/c1-4-5-9(8(2)10)6-7-11-3/h4-5,11H,1-2,6-7H2,3H3/b9-5-. The first-order valence-electron chi connectivity index (χ1n) is 3.53. The summed E-state index contributed by atoms with van der Waals surface area (Å²) in [7, 11) is 1.91. The Morgan fingerprint density at radius 3 is 2.64 bits per heavy atom. The molecule has 0 atom stereocenters. The molecule has 2 heteroatoms. The maximum absolute atomic E-state index is 5.72. The third-order valence-corrected chi connectivity index (χ3v) is 1.55. The summed E-state index contributed by atoms with van der Waals surface area (Å²) in [6.07, 6.45) is 4.50. The van der Waals surface area contributed by atoms with E-state index in [1.807, 2.05) is 13.1 Å². The molecule has 0 amide bonds. The summed E-state index contributed by atoms with van der Waals surface area (Å²) in [5.41, 5.74) is 1.04. The summed E-state index contributed by atoms with van der Waals surface area (Å²) in [5, 5.41) is 3.63. The fourth-order valence-corrected chi connectivity index (χ4v) is 0.869. The molecule has 0 rings (SSSR count). The molecule has 0 radical (unpaired) electrons. The Labute approximate surface area is 73.4 Å². The molecule has 0 aromatic heterocycles. The predicted octanol–water partition coefficient (Wildman–Crippen LogP) is 2.46. The van der Waals surface area contributed by atoms with Gasteiger partial charge >= 0.3 is 0 Å². The summed E-state index contributed by atoms with van der Waals surface area (Å²) < 4.78 is 0. The van der Waals surface area contributed by atoms with E-state index >= 15 is 0 Å². The molecule has 0 aromatic rings. The van der Waals surface area contributed by atoms with Crippen molar-refractivity contribution in [3.05, 3.63) is 35.9 Å². The predicted molar refractivity (Wildman–Crippen MR) is 51.8 cm³/mol. The molecule has 0 saturated carbocycles. The minimum Gasteiger partial charge on any atom is -0.319 e. The van der Waals surface area contributed by atoms with Crippen molar-refractivity contribution in [2.75, 3.05) is 13.6 Å². The fourth-order valence-electron chi connectivity index (χ4n) is 0.711. The van der Waals surface area contributed by atoms with Crippen molar-refractivity contribution in [3.63, 3.8) is 0 Å². The van der Waals surface area contributed by atoms with Crippen molar-refractivity contribution in [1.29, 1.82) is 0 Å². The largest absolute Gasteiger partial charge is 0.319 e. The molecule has 0 bridgehead atoms. The Morgan fingerprint density at radius 2 is 2.27 bits per heavy atom. The highest BCUT2D eigenvalue weighted by molar-refractivity contribution is 6.31.